The lowest BCUT2D eigenvalue weighted by Gasteiger charge is -2.11. The number of carbonyl (C=O) groups is 1. The summed E-state index contributed by atoms with van der Waals surface area (Å²) in [5.74, 6) is 0.0995. The van der Waals surface area contributed by atoms with Gasteiger partial charge in [-0.1, -0.05) is 42.1 Å². The van der Waals surface area contributed by atoms with Crippen LogP contribution in [0.3, 0.4) is 0 Å². The Morgan fingerprint density at radius 1 is 1.41 bits per heavy atom. The van der Waals surface area contributed by atoms with Crippen LogP contribution in [0.15, 0.2) is 46.3 Å². The van der Waals surface area contributed by atoms with Crippen molar-refractivity contribution in [1.29, 1.82) is 0 Å². The Bertz CT molecular complexity index is 688. The van der Waals surface area contributed by atoms with Crippen molar-refractivity contribution in [3.63, 3.8) is 0 Å². The molecule has 116 valence electrons. The zero-order valence-corrected chi connectivity index (χ0v) is 13.1. The van der Waals surface area contributed by atoms with Gasteiger partial charge in [0.05, 0.1) is 18.4 Å². The third-order valence-electron chi connectivity index (χ3n) is 2.87. The maximum absolute atomic E-state index is 12.1. The highest BCUT2D eigenvalue weighted by molar-refractivity contribution is 8.00. The first-order valence-electron chi connectivity index (χ1n) is 6.72. The highest BCUT2D eigenvalue weighted by Gasteiger charge is 2.16. The lowest BCUT2D eigenvalue weighted by molar-refractivity contribution is -0.120. The quantitative estimate of drug-likeness (QED) is 0.624. The van der Waals surface area contributed by atoms with Crippen LogP contribution in [0.1, 0.15) is 12.5 Å². The maximum atomic E-state index is 12.1. The number of ether oxygens (including phenoxy) is 1. The molecule has 0 saturated carbocycles. The van der Waals surface area contributed by atoms with Crippen molar-refractivity contribution in [2.24, 2.45) is 0 Å². The SMILES string of the molecule is COc1cc(=O)[nH]c(S[C@H](C)C(=O)NCc2ccccc2)n1. The normalized spacial score (nSPS) is 11.7. The molecule has 6 nitrogen and oxygen atoms in total. The predicted octanol–water partition coefficient (Wildman–Crippen LogP) is 1.58. The molecule has 0 aliphatic rings. The van der Waals surface area contributed by atoms with Gasteiger partial charge in [0, 0.05) is 6.54 Å². The molecule has 2 rings (SSSR count). The number of thioether (sulfide) groups is 1. The lowest BCUT2D eigenvalue weighted by Crippen LogP contribution is -2.30. The number of benzene rings is 1. The van der Waals surface area contributed by atoms with Gasteiger partial charge in [-0.15, -0.1) is 0 Å². The van der Waals surface area contributed by atoms with E-state index < -0.39 is 0 Å². The second-order valence-corrected chi connectivity index (χ2v) is 5.89. The first kappa shape index (κ1) is 16.1. The van der Waals surface area contributed by atoms with Gasteiger partial charge in [0.2, 0.25) is 11.8 Å². The molecule has 22 heavy (non-hydrogen) atoms. The third kappa shape index (κ3) is 4.63. The Morgan fingerprint density at radius 2 is 2.14 bits per heavy atom. The molecule has 1 heterocycles. The molecule has 0 spiro atoms. The summed E-state index contributed by atoms with van der Waals surface area (Å²) in [5.41, 5.74) is 0.715. The first-order valence-corrected chi connectivity index (χ1v) is 7.60. The fourth-order valence-corrected chi connectivity index (χ4v) is 2.55. The standard InChI is InChI=1S/C15H17N3O3S/c1-10(14(20)16-9-11-6-4-3-5-7-11)22-15-17-12(19)8-13(18-15)21-2/h3-8,10H,9H2,1-2H3,(H,16,20)(H,17,18,19)/t10-/m1/s1. The molecule has 0 bridgehead atoms. The van der Waals surface area contributed by atoms with E-state index in [9.17, 15) is 9.59 Å². The van der Waals surface area contributed by atoms with Crippen molar-refractivity contribution in [2.45, 2.75) is 23.9 Å². The minimum absolute atomic E-state index is 0.126. The van der Waals surface area contributed by atoms with Gasteiger partial charge in [-0.2, -0.15) is 4.98 Å². The van der Waals surface area contributed by atoms with Gasteiger partial charge < -0.3 is 15.0 Å². The van der Waals surface area contributed by atoms with Crippen molar-refractivity contribution in [3.8, 4) is 5.88 Å². The van der Waals surface area contributed by atoms with E-state index in [0.717, 1.165) is 5.56 Å². The maximum Gasteiger partial charge on any atom is 0.255 e. The molecular formula is C15H17N3O3S. The molecule has 0 aliphatic heterocycles. The van der Waals surface area contributed by atoms with E-state index in [1.807, 2.05) is 30.3 Å². The molecule has 1 aromatic carbocycles. The van der Waals surface area contributed by atoms with E-state index in [1.54, 1.807) is 6.92 Å². The van der Waals surface area contributed by atoms with Crippen molar-refractivity contribution < 1.29 is 9.53 Å². The summed E-state index contributed by atoms with van der Waals surface area (Å²) in [6, 6.07) is 10.9. The zero-order chi connectivity index (χ0) is 15.9. The topological polar surface area (TPSA) is 84.1 Å². The summed E-state index contributed by atoms with van der Waals surface area (Å²) in [7, 11) is 1.44. The second kappa shape index (κ2) is 7.65. The number of aromatic amines is 1. The summed E-state index contributed by atoms with van der Waals surface area (Å²) in [5, 5.41) is 2.81. The molecular weight excluding hydrogens is 302 g/mol. The van der Waals surface area contributed by atoms with E-state index in [1.165, 1.54) is 24.9 Å². The predicted molar refractivity (Wildman–Crippen MR) is 85.0 cm³/mol. The Kier molecular flexibility index (Phi) is 5.60. The summed E-state index contributed by atoms with van der Waals surface area (Å²) >= 11 is 1.17. The Morgan fingerprint density at radius 3 is 2.82 bits per heavy atom. The van der Waals surface area contributed by atoms with Crippen molar-refractivity contribution in [2.75, 3.05) is 7.11 Å². The van der Waals surface area contributed by atoms with Crippen LogP contribution in [0.25, 0.3) is 0 Å². The Balaban J connectivity index is 1.94. The van der Waals surface area contributed by atoms with Crippen LogP contribution in [0.4, 0.5) is 0 Å². The number of rotatable bonds is 6. The average Bonchev–Trinajstić information content (AvgIpc) is 2.52. The molecule has 1 aromatic heterocycles. The van der Waals surface area contributed by atoms with E-state index in [0.29, 0.717) is 11.7 Å². The van der Waals surface area contributed by atoms with Crippen molar-refractivity contribution in [1.82, 2.24) is 15.3 Å². The van der Waals surface area contributed by atoms with Gasteiger partial charge in [0.25, 0.3) is 5.56 Å². The molecule has 7 heteroatoms. The largest absolute Gasteiger partial charge is 0.481 e. The van der Waals surface area contributed by atoms with E-state index in [2.05, 4.69) is 15.3 Å². The number of aromatic nitrogens is 2. The third-order valence-corrected chi connectivity index (χ3v) is 3.86. The molecule has 2 aromatic rings. The summed E-state index contributed by atoms with van der Waals surface area (Å²) in [4.78, 5) is 30.2. The smallest absolute Gasteiger partial charge is 0.255 e. The number of methoxy groups -OCH3 is 1. The Labute approximate surface area is 132 Å². The molecule has 0 saturated heterocycles. The number of carbonyl (C=O) groups excluding carboxylic acids is 1. The van der Waals surface area contributed by atoms with Gasteiger partial charge in [-0.05, 0) is 12.5 Å². The fourth-order valence-electron chi connectivity index (χ4n) is 1.72. The first-order chi connectivity index (χ1) is 10.6. The zero-order valence-electron chi connectivity index (χ0n) is 12.3. The number of H-pyrrole nitrogens is 1. The van der Waals surface area contributed by atoms with Gasteiger partial charge in [0.15, 0.2) is 5.16 Å². The summed E-state index contributed by atoms with van der Waals surface area (Å²) in [6.45, 7) is 2.22. The monoisotopic (exact) mass is 319 g/mol. The Hall–Kier alpha value is -2.28. The summed E-state index contributed by atoms with van der Waals surface area (Å²) < 4.78 is 4.94. The molecule has 0 radical (unpaired) electrons. The van der Waals surface area contributed by atoms with Gasteiger partial charge >= 0.3 is 0 Å². The second-order valence-electron chi connectivity index (χ2n) is 4.56. The van der Waals surface area contributed by atoms with Crippen LogP contribution in [-0.4, -0.2) is 28.2 Å². The summed E-state index contributed by atoms with van der Waals surface area (Å²) in [6.07, 6.45) is 0. The number of nitrogens with one attached hydrogen (secondary N) is 2. The molecule has 0 fully saturated rings. The van der Waals surface area contributed by atoms with Crippen LogP contribution in [-0.2, 0) is 11.3 Å². The van der Waals surface area contributed by atoms with Crippen LogP contribution >= 0.6 is 11.8 Å². The molecule has 2 N–H and O–H groups in total. The van der Waals surface area contributed by atoms with E-state index in [4.69, 9.17) is 4.74 Å². The van der Waals surface area contributed by atoms with Gasteiger partial charge in [-0.25, -0.2) is 0 Å². The number of hydrogen-bond donors (Lipinski definition) is 2. The van der Waals surface area contributed by atoms with Crippen LogP contribution < -0.4 is 15.6 Å². The van der Waals surface area contributed by atoms with Gasteiger partial charge in [0.1, 0.15) is 0 Å². The van der Waals surface area contributed by atoms with Crippen LogP contribution in [0, 0.1) is 0 Å². The highest BCUT2D eigenvalue weighted by Crippen LogP contribution is 2.19. The molecule has 0 unspecified atom stereocenters. The minimum atomic E-state index is -0.390. The molecule has 1 amide bonds. The fraction of sp³-hybridized carbons (Fsp3) is 0.267. The van der Waals surface area contributed by atoms with E-state index in [-0.39, 0.29) is 22.6 Å². The van der Waals surface area contributed by atoms with Crippen LogP contribution in [0.2, 0.25) is 0 Å². The minimum Gasteiger partial charge on any atom is -0.481 e. The lowest BCUT2D eigenvalue weighted by atomic mass is 10.2. The van der Waals surface area contributed by atoms with Gasteiger partial charge in [-0.3, -0.25) is 9.59 Å². The van der Waals surface area contributed by atoms with Crippen molar-refractivity contribution in [3.05, 3.63) is 52.3 Å². The van der Waals surface area contributed by atoms with Crippen LogP contribution in [0.5, 0.6) is 5.88 Å². The highest BCUT2D eigenvalue weighted by atomic mass is 32.2. The molecule has 1 atom stereocenters. The number of nitrogens with zero attached hydrogens (tertiary/aromatic N) is 1. The van der Waals surface area contributed by atoms with E-state index >= 15 is 0 Å². The van der Waals surface area contributed by atoms with Crippen molar-refractivity contribution >= 4 is 17.7 Å². The number of amides is 1. The average molecular weight is 319 g/mol. The number of hydrogen-bond acceptors (Lipinski definition) is 5. The molecule has 0 aliphatic carbocycles.